The van der Waals surface area contributed by atoms with E-state index >= 15 is 0 Å². The summed E-state index contributed by atoms with van der Waals surface area (Å²) >= 11 is 0. The fraction of sp³-hybridized carbons (Fsp3) is 0.400. The second-order valence-corrected chi connectivity index (χ2v) is 6.13. The van der Waals surface area contributed by atoms with Crippen molar-refractivity contribution >= 4 is 41.5 Å². The molecule has 0 aliphatic rings. The highest BCUT2D eigenvalue weighted by atomic mass is 127. The van der Waals surface area contributed by atoms with Gasteiger partial charge in [0.25, 0.3) is 0 Å². The molecule has 0 fully saturated rings. The highest BCUT2D eigenvalue weighted by Gasteiger charge is 2.09. The number of carbonyl (C=O) groups is 1. The lowest BCUT2D eigenvalue weighted by atomic mass is 10.2. The lowest BCUT2D eigenvalue weighted by Gasteiger charge is -2.15. The Kier molecular flexibility index (Phi) is 11.0. The van der Waals surface area contributed by atoms with Gasteiger partial charge in [0.1, 0.15) is 12.3 Å². The predicted octanol–water partition coefficient (Wildman–Crippen LogP) is 2.99. The minimum atomic E-state index is -0.0862. The minimum absolute atomic E-state index is 0. The van der Waals surface area contributed by atoms with E-state index < -0.39 is 0 Å². The molecule has 29 heavy (non-hydrogen) atoms. The standard InChI is InChI=1S/C20H28N4O4.HI/c1-5-27-18-13-15(8-9-17(18)26-4)23-20(22-14-19(25)24(2)3)21-11-10-16-7-6-12-28-16;/h6-9,12-13H,5,10-11,14H2,1-4H3,(H2,21,22,23);1H. The van der Waals surface area contributed by atoms with E-state index in [1.807, 2.05) is 37.3 Å². The molecule has 9 heteroatoms. The molecule has 0 atom stereocenters. The van der Waals surface area contributed by atoms with Crippen molar-refractivity contribution in [3.63, 3.8) is 0 Å². The first-order chi connectivity index (χ1) is 13.5. The highest BCUT2D eigenvalue weighted by molar-refractivity contribution is 14.0. The molecule has 0 saturated heterocycles. The largest absolute Gasteiger partial charge is 0.493 e. The number of methoxy groups -OCH3 is 1. The van der Waals surface area contributed by atoms with Crippen LogP contribution in [0.15, 0.2) is 46.0 Å². The van der Waals surface area contributed by atoms with Crippen molar-refractivity contribution in [2.45, 2.75) is 13.3 Å². The van der Waals surface area contributed by atoms with Crippen LogP contribution in [0.25, 0.3) is 0 Å². The van der Waals surface area contributed by atoms with Crippen molar-refractivity contribution in [3.8, 4) is 11.5 Å². The lowest BCUT2D eigenvalue weighted by molar-refractivity contribution is -0.127. The van der Waals surface area contributed by atoms with Gasteiger partial charge in [0.15, 0.2) is 17.5 Å². The number of likely N-dealkylation sites (N-methyl/N-ethyl adjacent to an activating group) is 1. The SMILES string of the molecule is CCOc1cc(NC(=NCC(=O)N(C)C)NCCc2ccco2)ccc1OC.I. The van der Waals surface area contributed by atoms with E-state index in [0.29, 0.717) is 37.0 Å². The molecule has 0 saturated carbocycles. The summed E-state index contributed by atoms with van der Waals surface area (Å²) in [6.07, 6.45) is 2.34. The normalized spacial score (nSPS) is 10.7. The van der Waals surface area contributed by atoms with Gasteiger partial charge in [-0.05, 0) is 31.2 Å². The third-order valence-corrected chi connectivity index (χ3v) is 3.84. The number of carbonyl (C=O) groups excluding carboxylic acids is 1. The van der Waals surface area contributed by atoms with Crippen LogP contribution in [0, 0.1) is 0 Å². The number of benzene rings is 1. The first-order valence-corrected chi connectivity index (χ1v) is 9.12. The van der Waals surface area contributed by atoms with Crippen LogP contribution < -0.4 is 20.1 Å². The van der Waals surface area contributed by atoms with Gasteiger partial charge in [0.2, 0.25) is 5.91 Å². The molecule has 2 aromatic rings. The maximum absolute atomic E-state index is 11.9. The fourth-order valence-electron chi connectivity index (χ4n) is 2.35. The van der Waals surface area contributed by atoms with Gasteiger partial charge < -0.3 is 29.4 Å². The number of ether oxygens (including phenoxy) is 2. The first kappa shape index (κ1) is 24.6. The van der Waals surface area contributed by atoms with E-state index in [1.54, 1.807) is 27.5 Å². The van der Waals surface area contributed by atoms with E-state index in [1.165, 1.54) is 4.90 Å². The van der Waals surface area contributed by atoms with Crippen LogP contribution in [-0.4, -0.2) is 57.7 Å². The zero-order valence-electron chi connectivity index (χ0n) is 17.2. The number of amides is 1. The maximum Gasteiger partial charge on any atom is 0.243 e. The molecule has 2 rings (SSSR count). The molecule has 0 radical (unpaired) electrons. The molecule has 0 aliphatic heterocycles. The average molecular weight is 516 g/mol. The summed E-state index contributed by atoms with van der Waals surface area (Å²) in [6, 6.07) is 9.28. The molecule has 160 valence electrons. The van der Waals surface area contributed by atoms with E-state index in [0.717, 1.165) is 11.4 Å². The number of nitrogens with zero attached hydrogens (tertiary/aromatic N) is 2. The second-order valence-electron chi connectivity index (χ2n) is 6.13. The van der Waals surface area contributed by atoms with E-state index in [2.05, 4.69) is 15.6 Å². The molecule has 8 nitrogen and oxygen atoms in total. The summed E-state index contributed by atoms with van der Waals surface area (Å²) in [4.78, 5) is 17.8. The number of halogens is 1. The number of aliphatic imine (C=N–C) groups is 1. The van der Waals surface area contributed by atoms with Crippen LogP contribution in [-0.2, 0) is 11.2 Å². The Balaban J connectivity index is 0.00000420. The zero-order chi connectivity index (χ0) is 20.4. The Bertz CT molecular complexity index is 779. The van der Waals surface area contributed by atoms with Crippen LogP contribution >= 0.6 is 24.0 Å². The molecule has 0 aliphatic carbocycles. The van der Waals surface area contributed by atoms with E-state index in [4.69, 9.17) is 13.9 Å². The summed E-state index contributed by atoms with van der Waals surface area (Å²) < 4.78 is 16.3. The number of nitrogens with one attached hydrogen (secondary N) is 2. The van der Waals surface area contributed by atoms with Gasteiger partial charge >= 0.3 is 0 Å². The second kappa shape index (κ2) is 12.9. The van der Waals surface area contributed by atoms with Crippen molar-refractivity contribution in [1.29, 1.82) is 0 Å². The summed E-state index contributed by atoms with van der Waals surface area (Å²) in [5.41, 5.74) is 0.769. The third-order valence-electron chi connectivity index (χ3n) is 3.84. The summed E-state index contributed by atoms with van der Waals surface area (Å²) in [7, 11) is 5.00. The number of hydrogen-bond acceptors (Lipinski definition) is 5. The number of anilines is 1. The average Bonchev–Trinajstić information content (AvgIpc) is 3.19. The lowest BCUT2D eigenvalue weighted by Crippen LogP contribution is -2.34. The molecular formula is C20H29IN4O4. The van der Waals surface area contributed by atoms with Gasteiger partial charge in [-0.1, -0.05) is 0 Å². The van der Waals surface area contributed by atoms with Gasteiger partial charge in [-0.2, -0.15) is 0 Å². The van der Waals surface area contributed by atoms with Gasteiger partial charge in [-0.25, -0.2) is 4.99 Å². The predicted molar refractivity (Wildman–Crippen MR) is 125 cm³/mol. The quantitative estimate of drug-likeness (QED) is 0.303. The molecule has 0 bridgehead atoms. The number of rotatable bonds is 9. The summed E-state index contributed by atoms with van der Waals surface area (Å²) in [6.45, 7) is 3.08. The molecule has 0 unspecified atom stereocenters. The molecule has 2 N–H and O–H groups in total. The Morgan fingerprint density at radius 3 is 2.66 bits per heavy atom. The fourth-order valence-corrected chi connectivity index (χ4v) is 2.35. The number of furan rings is 1. The molecule has 1 aromatic heterocycles. The minimum Gasteiger partial charge on any atom is -0.493 e. The Morgan fingerprint density at radius 1 is 1.24 bits per heavy atom. The van der Waals surface area contributed by atoms with Crippen molar-refractivity contribution in [2.24, 2.45) is 4.99 Å². The molecule has 1 heterocycles. The van der Waals surface area contributed by atoms with Gasteiger partial charge in [-0.15, -0.1) is 24.0 Å². The highest BCUT2D eigenvalue weighted by Crippen LogP contribution is 2.30. The van der Waals surface area contributed by atoms with Crippen molar-refractivity contribution in [1.82, 2.24) is 10.2 Å². The van der Waals surface area contributed by atoms with Gasteiger partial charge in [0.05, 0.1) is 20.0 Å². The Morgan fingerprint density at radius 2 is 2.03 bits per heavy atom. The van der Waals surface area contributed by atoms with Crippen LogP contribution in [0.3, 0.4) is 0 Å². The molecule has 0 spiro atoms. The third kappa shape index (κ3) is 8.22. The van der Waals surface area contributed by atoms with Crippen LogP contribution in [0.1, 0.15) is 12.7 Å². The maximum atomic E-state index is 11.9. The topological polar surface area (TPSA) is 88.3 Å². The zero-order valence-corrected chi connectivity index (χ0v) is 19.6. The molecular weight excluding hydrogens is 487 g/mol. The van der Waals surface area contributed by atoms with E-state index in [9.17, 15) is 4.79 Å². The first-order valence-electron chi connectivity index (χ1n) is 9.12. The van der Waals surface area contributed by atoms with Crippen LogP contribution in [0.2, 0.25) is 0 Å². The van der Waals surface area contributed by atoms with Crippen molar-refractivity contribution < 1.29 is 18.7 Å². The Hall–Kier alpha value is -2.43. The van der Waals surface area contributed by atoms with Crippen LogP contribution in [0.5, 0.6) is 11.5 Å². The van der Waals surface area contributed by atoms with Crippen molar-refractivity contribution in [3.05, 3.63) is 42.4 Å². The Labute approximate surface area is 188 Å². The smallest absolute Gasteiger partial charge is 0.243 e. The monoisotopic (exact) mass is 516 g/mol. The summed E-state index contributed by atoms with van der Waals surface area (Å²) in [5, 5.41) is 6.42. The number of guanidine groups is 1. The van der Waals surface area contributed by atoms with Gasteiger partial charge in [0, 0.05) is 38.8 Å². The van der Waals surface area contributed by atoms with E-state index in [-0.39, 0.29) is 36.4 Å². The number of hydrogen-bond donors (Lipinski definition) is 2. The van der Waals surface area contributed by atoms with Gasteiger partial charge in [-0.3, -0.25) is 4.79 Å². The molecule has 1 amide bonds. The van der Waals surface area contributed by atoms with Crippen LogP contribution in [0.4, 0.5) is 5.69 Å². The van der Waals surface area contributed by atoms with Crippen molar-refractivity contribution in [2.75, 3.05) is 46.2 Å². The molecule has 1 aromatic carbocycles. The summed E-state index contributed by atoms with van der Waals surface area (Å²) in [5.74, 6) is 2.57.